The third kappa shape index (κ3) is 3.41. The van der Waals surface area contributed by atoms with Gasteiger partial charge in [0.1, 0.15) is 0 Å². The second kappa shape index (κ2) is 7.84. The molecule has 170 valence electrons. The predicted molar refractivity (Wildman–Crippen MR) is 130 cm³/mol. The number of nitrogens with zero attached hydrogens (tertiary/aromatic N) is 2. The van der Waals surface area contributed by atoms with E-state index < -0.39 is 0 Å². The summed E-state index contributed by atoms with van der Waals surface area (Å²) >= 11 is 0. The summed E-state index contributed by atoms with van der Waals surface area (Å²) in [7, 11) is 1.88. The summed E-state index contributed by atoms with van der Waals surface area (Å²) in [5, 5.41) is 3.24. The van der Waals surface area contributed by atoms with Crippen LogP contribution in [0.4, 0.5) is 0 Å². The summed E-state index contributed by atoms with van der Waals surface area (Å²) in [5.74, 6) is 0.750. The van der Waals surface area contributed by atoms with Crippen molar-refractivity contribution in [3.05, 3.63) is 76.4 Å². The molecule has 2 amide bonds. The summed E-state index contributed by atoms with van der Waals surface area (Å²) < 4.78 is 0. The molecule has 1 aromatic carbocycles. The van der Waals surface area contributed by atoms with E-state index in [1.807, 2.05) is 29.0 Å². The van der Waals surface area contributed by atoms with Crippen LogP contribution in [0.25, 0.3) is 5.57 Å². The first-order valence-corrected chi connectivity index (χ1v) is 12.3. The number of allylic oxidation sites excluding steroid dienone is 8. The maximum Gasteiger partial charge on any atom is 0.253 e. The van der Waals surface area contributed by atoms with Crippen LogP contribution in [0.1, 0.15) is 48.0 Å². The molecule has 4 bridgehead atoms. The van der Waals surface area contributed by atoms with Crippen molar-refractivity contribution in [2.45, 2.75) is 37.6 Å². The average molecular weight is 442 g/mol. The molecule has 1 saturated carbocycles. The van der Waals surface area contributed by atoms with E-state index in [-0.39, 0.29) is 17.4 Å². The van der Waals surface area contributed by atoms with Crippen LogP contribution in [0.15, 0.2) is 65.3 Å². The molecule has 1 unspecified atom stereocenters. The molecule has 5 heteroatoms. The summed E-state index contributed by atoms with van der Waals surface area (Å²) in [6, 6.07) is 8.03. The molecule has 6 aliphatic carbocycles. The van der Waals surface area contributed by atoms with Crippen LogP contribution in [-0.4, -0.2) is 60.4 Å². The number of piperazine rings is 1. The maximum atomic E-state index is 13.1. The van der Waals surface area contributed by atoms with Crippen molar-refractivity contribution in [2.75, 3.05) is 33.2 Å². The van der Waals surface area contributed by atoms with Crippen LogP contribution in [0.3, 0.4) is 0 Å². The highest BCUT2D eigenvalue weighted by Crippen LogP contribution is 2.47. The van der Waals surface area contributed by atoms with Crippen molar-refractivity contribution in [2.24, 2.45) is 5.92 Å². The zero-order valence-corrected chi connectivity index (χ0v) is 19.3. The predicted octanol–water partition coefficient (Wildman–Crippen LogP) is 3.71. The van der Waals surface area contributed by atoms with E-state index in [9.17, 15) is 9.59 Å². The van der Waals surface area contributed by atoms with Gasteiger partial charge in [-0.25, -0.2) is 0 Å². The van der Waals surface area contributed by atoms with E-state index in [2.05, 4.69) is 41.8 Å². The van der Waals surface area contributed by atoms with E-state index in [0.29, 0.717) is 32.1 Å². The van der Waals surface area contributed by atoms with E-state index in [0.717, 1.165) is 36.8 Å². The number of likely N-dealkylation sites (N-methyl/N-ethyl adjacent to an activating group) is 1. The summed E-state index contributed by atoms with van der Waals surface area (Å²) in [6.45, 7) is 2.40. The van der Waals surface area contributed by atoms with Gasteiger partial charge in [-0.2, -0.15) is 0 Å². The van der Waals surface area contributed by atoms with Crippen LogP contribution >= 0.6 is 0 Å². The molecule has 5 nitrogen and oxygen atoms in total. The van der Waals surface area contributed by atoms with E-state index >= 15 is 0 Å². The van der Waals surface area contributed by atoms with Gasteiger partial charge >= 0.3 is 0 Å². The normalized spacial score (nSPS) is 24.9. The van der Waals surface area contributed by atoms with Gasteiger partial charge in [-0.05, 0) is 79.5 Å². The summed E-state index contributed by atoms with van der Waals surface area (Å²) in [5.41, 5.74) is 7.28. The molecule has 0 radical (unpaired) electrons. The van der Waals surface area contributed by atoms with E-state index in [1.54, 1.807) is 5.57 Å². The lowest BCUT2D eigenvalue weighted by atomic mass is 9.70. The molecule has 1 aromatic rings. The van der Waals surface area contributed by atoms with Crippen molar-refractivity contribution < 1.29 is 9.59 Å². The van der Waals surface area contributed by atoms with Gasteiger partial charge < -0.3 is 15.1 Å². The third-order valence-corrected chi connectivity index (χ3v) is 8.27. The van der Waals surface area contributed by atoms with Crippen molar-refractivity contribution in [1.82, 2.24) is 15.1 Å². The number of benzene rings is 1. The van der Waals surface area contributed by atoms with Gasteiger partial charge in [-0.15, -0.1) is 0 Å². The third-order valence-electron chi connectivity index (χ3n) is 8.27. The number of hydrogen-bond donors (Lipinski definition) is 1. The van der Waals surface area contributed by atoms with Crippen molar-refractivity contribution in [1.29, 1.82) is 0 Å². The molecular formula is C28H31N3O2. The standard InChI is InChI=1S/C28H31N3O2/c1-29-28(9-2-10-28)27(33)31-13-11-30(12-14-31)26(32)21-5-3-20(4-6-21)22-7-8-25-23-16-19(15-22)17-24(25)18-23/h3-8,15-16,19,29H,2,9-14,17-18H2,1H3. The number of fused-ring (bicyclic) bond motifs is 1. The van der Waals surface area contributed by atoms with Crippen molar-refractivity contribution >= 4 is 17.4 Å². The smallest absolute Gasteiger partial charge is 0.253 e. The van der Waals surface area contributed by atoms with Crippen LogP contribution in [-0.2, 0) is 4.79 Å². The topological polar surface area (TPSA) is 52.7 Å². The van der Waals surface area contributed by atoms with Gasteiger partial charge in [0.05, 0.1) is 5.54 Å². The minimum Gasteiger partial charge on any atom is -0.338 e. The van der Waals surface area contributed by atoms with Gasteiger partial charge in [0.2, 0.25) is 5.91 Å². The largest absolute Gasteiger partial charge is 0.338 e. The molecule has 2 fully saturated rings. The number of rotatable bonds is 4. The zero-order valence-electron chi connectivity index (χ0n) is 19.3. The Morgan fingerprint density at radius 1 is 0.970 bits per heavy atom. The quantitative estimate of drug-likeness (QED) is 0.775. The Balaban J connectivity index is 1.10. The van der Waals surface area contributed by atoms with Gasteiger partial charge in [-0.3, -0.25) is 9.59 Å². The van der Waals surface area contributed by atoms with E-state index in [4.69, 9.17) is 0 Å². The highest BCUT2D eigenvalue weighted by atomic mass is 16.2. The molecule has 1 saturated heterocycles. The van der Waals surface area contributed by atoms with Gasteiger partial charge in [0.15, 0.2) is 0 Å². The molecule has 0 spiro atoms. The van der Waals surface area contributed by atoms with Crippen LogP contribution < -0.4 is 5.32 Å². The minimum atomic E-state index is -0.365. The lowest BCUT2D eigenvalue weighted by Gasteiger charge is -2.45. The fraction of sp³-hybridized carbons (Fsp3) is 0.429. The average Bonchev–Trinajstić information content (AvgIpc) is 2.81. The molecule has 1 aliphatic heterocycles. The molecule has 0 aromatic heterocycles. The van der Waals surface area contributed by atoms with Gasteiger partial charge in [0, 0.05) is 31.7 Å². The highest BCUT2D eigenvalue weighted by Gasteiger charge is 2.45. The Bertz CT molecular complexity index is 1120. The highest BCUT2D eigenvalue weighted by molar-refractivity contribution is 5.95. The molecule has 1 atom stereocenters. The zero-order chi connectivity index (χ0) is 22.6. The van der Waals surface area contributed by atoms with Gasteiger partial charge in [-0.1, -0.05) is 42.0 Å². The summed E-state index contributed by atoms with van der Waals surface area (Å²) in [6.07, 6.45) is 14.5. The monoisotopic (exact) mass is 441 g/mol. The molecule has 7 aliphatic rings. The first-order chi connectivity index (χ1) is 16.1. The number of amides is 2. The Kier molecular flexibility index (Phi) is 4.91. The van der Waals surface area contributed by atoms with Crippen molar-refractivity contribution in [3.63, 3.8) is 0 Å². The molecule has 33 heavy (non-hydrogen) atoms. The molecule has 1 N–H and O–H groups in total. The number of hydrogen-bond acceptors (Lipinski definition) is 3. The molecular weight excluding hydrogens is 410 g/mol. The lowest BCUT2D eigenvalue weighted by molar-refractivity contribution is -0.143. The number of carbonyl (C=O) groups is 2. The first-order valence-electron chi connectivity index (χ1n) is 12.3. The Morgan fingerprint density at radius 3 is 2.30 bits per heavy atom. The van der Waals surface area contributed by atoms with Crippen LogP contribution in [0, 0.1) is 5.92 Å². The fourth-order valence-electron chi connectivity index (χ4n) is 5.96. The minimum absolute atomic E-state index is 0.0543. The number of carbonyl (C=O) groups excluding carboxylic acids is 2. The van der Waals surface area contributed by atoms with Gasteiger partial charge in [0.25, 0.3) is 5.91 Å². The fourth-order valence-corrected chi connectivity index (χ4v) is 5.96. The maximum absolute atomic E-state index is 13.1. The Hall–Kier alpha value is -2.92. The Labute approximate surface area is 195 Å². The second-order valence-corrected chi connectivity index (χ2v) is 10.1. The molecule has 8 rings (SSSR count). The van der Waals surface area contributed by atoms with Crippen molar-refractivity contribution in [3.8, 4) is 0 Å². The SMILES string of the molecule is CNC1(C(=O)N2CCN(C(=O)c3ccc(C4=CC5C=C6CC(=C6C=C4)C5)cc3)CC2)CCC1. The van der Waals surface area contributed by atoms with E-state index in [1.165, 1.54) is 23.1 Å². The number of nitrogens with one attached hydrogen (secondary N) is 1. The van der Waals surface area contributed by atoms with Crippen LogP contribution in [0.2, 0.25) is 0 Å². The lowest BCUT2D eigenvalue weighted by Crippen LogP contribution is -2.63. The van der Waals surface area contributed by atoms with Crippen LogP contribution in [0.5, 0.6) is 0 Å². The molecule has 1 heterocycles. The first kappa shape index (κ1) is 20.7. The Morgan fingerprint density at radius 2 is 1.70 bits per heavy atom. The second-order valence-electron chi connectivity index (χ2n) is 10.1. The summed E-state index contributed by atoms with van der Waals surface area (Å²) in [4.78, 5) is 29.8.